The molecule has 0 heterocycles. The van der Waals surface area contributed by atoms with Crippen LogP contribution in [-0.4, -0.2) is 11.0 Å². The Morgan fingerprint density at radius 2 is 0.815 bits per heavy atom. The Labute approximate surface area is 371 Å². The monoisotopic (exact) mass is 1120 g/mol. The molecule has 0 aliphatic heterocycles. The first-order valence-electron chi connectivity index (χ1n) is 18.3. The van der Waals surface area contributed by atoms with Crippen LogP contribution in [0.25, 0.3) is 22.3 Å². The number of fused-ring (bicyclic) bond motifs is 6. The third kappa shape index (κ3) is 17.4. The Bertz CT molecular complexity index is 1700. The Kier molecular flexibility index (Phi) is 23.5. The number of benzene rings is 4. The number of hydrogen-bond donors (Lipinski definition) is 0. The summed E-state index contributed by atoms with van der Waals surface area (Å²) in [6.07, 6.45) is 19.1. The van der Waals surface area contributed by atoms with Crippen molar-refractivity contribution in [2.24, 2.45) is 10.8 Å². The minimum Gasteiger partial charge on any atom is -0.179 e. The first kappa shape index (κ1) is 50.6. The fourth-order valence-corrected chi connectivity index (χ4v) is 5.83. The molecule has 0 nitrogen and oxygen atoms in total. The van der Waals surface area contributed by atoms with E-state index in [1.54, 1.807) is 0 Å². The van der Waals surface area contributed by atoms with E-state index in [-0.39, 0.29) is 35.8 Å². The fraction of sp³-hybridized carbons (Fsp3) is 0.333. The zero-order valence-corrected chi connectivity index (χ0v) is 44.9. The zero-order chi connectivity index (χ0) is 38.3. The SMILES string of the molecule is CC(C)(C)C1=CC[C-]=C1.CC(C)(C)C1=CC[C-]=C1.C[Si](C)=[Hf+2].C[Si](C)=[Hf+2].Cl.Cl.[c-]1cccc2c1Cc1ccccc1-2.[c-]1cccc2c1Cc1ccccc1-2. The third-order valence-electron chi connectivity index (χ3n) is 8.36. The maximum Gasteiger partial charge on any atom is -0.0253 e. The van der Waals surface area contributed by atoms with Crippen molar-refractivity contribution >= 4 is 35.8 Å². The molecular weight excluding hydrogens is 1060 g/mol. The normalized spacial score (nSPS) is 13.1. The van der Waals surface area contributed by atoms with Gasteiger partial charge < -0.3 is 0 Å². The zero-order valence-electron chi connectivity index (χ0n) is 34.0. The van der Waals surface area contributed by atoms with Gasteiger partial charge in [0, 0.05) is 0 Å². The standard InChI is InChI=1S/2C13H9.2C9H13.2C2H6Si.2ClH.2Hf/c2*1-3-7-12-10(5-1)9-11-6-2-4-8-13(11)12;2*1-9(2,3)8-6-4-5-7-8;2*1-3-2;;;;/h2*1-5,7-8H,9H2;2*6-7H,4H2,1-3H3;2*1-2H3;2*1H;;/q4*-1;;;;;2*+2. The summed E-state index contributed by atoms with van der Waals surface area (Å²) >= 11 is 2.90. The molecule has 280 valence electrons. The fourth-order valence-electron chi connectivity index (χ4n) is 5.83. The van der Waals surface area contributed by atoms with Crippen molar-refractivity contribution < 1.29 is 46.0 Å². The van der Waals surface area contributed by atoms with E-state index in [9.17, 15) is 0 Å². The molecule has 54 heavy (non-hydrogen) atoms. The van der Waals surface area contributed by atoms with Gasteiger partial charge in [-0.15, -0.1) is 48.8 Å². The van der Waals surface area contributed by atoms with Gasteiger partial charge in [-0.25, -0.2) is 12.2 Å². The molecule has 4 aliphatic carbocycles. The minimum atomic E-state index is 0. The first-order valence-corrected chi connectivity index (χ1v) is 34.1. The summed E-state index contributed by atoms with van der Waals surface area (Å²) in [6, 6.07) is 36.2. The second kappa shape index (κ2) is 25.1. The topological polar surface area (TPSA) is 0 Å². The molecule has 0 saturated heterocycles. The van der Waals surface area contributed by atoms with Gasteiger partial charge in [0.25, 0.3) is 0 Å². The maximum absolute atomic E-state index is 3.30. The molecule has 0 amide bonds. The average molecular weight is 1120 g/mol. The van der Waals surface area contributed by atoms with Crippen molar-refractivity contribution in [3.8, 4) is 22.3 Å². The molecule has 0 bridgehead atoms. The summed E-state index contributed by atoms with van der Waals surface area (Å²) in [4.78, 5) is 0. The summed E-state index contributed by atoms with van der Waals surface area (Å²) < 4.78 is 0. The van der Waals surface area contributed by atoms with Gasteiger partial charge in [0.2, 0.25) is 0 Å². The predicted molar refractivity (Wildman–Crippen MR) is 236 cm³/mol. The van der Waals surface area contributed by atoms with Crippen LogP contribution in [0.2, 0.25) is 26.2 Å². The van der Waals surface area contributed by atoms with Crippen molar-refractivity contribution in [2.45, 2.75) is 93.4 Å². The molecule has 4 aromatic carbocycles. The minimum absolute atomic E-state index is 0. The van der Waals surface area contributed by atoms with Crippen LogP contribution >= 0.6 is 24.8 Å². The molecule has 8 rings (SSSR count). The largest absolute Gasteiger partial charge is 0.179 e. The van der Waals surface area contributed by atoms with Crippen LogP contribution in [0.15, 0.2) is 120 Å². The molecule has 4 aliphatic rings. The molecule has 0 N–H and O–H groups in total. The van der Waals surface area contributed by atoms with E-state index in [1.807, 2.05) is 12.1 Å². The number of hydrogen-bond acceptors (Lipinski definition) is 0. The molecule has 6 heteroatoms. The molecule has 0 atom stereocenters. The van der Waals surface area contributed by atoms with Crippen LogP contribution in [0.1, 0.15) is 76.6 Å². The van der Waals surface area contributed by atoms with Crippen molar-refractivity contribution in [1.29, 1.82) is 0 Å². The maximum atomic E-state index is 3.30. The van der Waals surface area contributed by atoms with Crippen LogP contribution in [0.5, 0.6) is 0 Å². The van der Waals surface area contributed by atoms with E-state index >= 15 is 0 Å². The molecule has 0 saturated carbocycles. The van der Waals surface area contributed by atoms with Crippen molar-refractivity contribution in [2.75, 3.05) is 0 Å². The molecule has 0 spiro atoms. The molecule has 0 unspecified atom stereocenters. The number of halogens is 2. The smallest absolute Gasteiger partial charge is 0.0253 e. The second-order valence-electron chi connectivity index (χ2n) is 15.7. The summed E-state index contributed by atoms with van der Waals surface area (Å²) in [5, 5.41) is 0. The average Bonchev–Trinajstić information content (AvgIpc) is 3.91. The van der Waals surface area contributed by atoms with E-state index in [2.05, 4.69) is 189 Å². The van der Waals surface area contributed by atoms with Crippen LogP contribution in [0.4, 0.5) is 0 Å². The van der Waals surface area contributed by atoms with Gasteiger partial charge in [0.05, 0.1) is 0 Å². The van der Waals surface area contributed by atoms with Gasteiger partial charge >= 0.3 is 83.2 Å². The van der Waals surface area contributed by atoms with E-state index < -0.39 is 0 Å². The third-order valence-corrected chi connectivity index (χ3v) is 8.36. The second-order valence-corrected chi connectivity index (χ2v) is 41.3. The Balaban J connectivity index is 0.000000338. The first-order chi connectivity index (χ1) is 24.6. The van der Waals surface area contributed by atoms with Crippen LogP contribution in [-0.2, 0) is 58.8 Å². The van der Waals surface area contributed by atoms with E-state index in [0.29, 0.717) is 10.8 Å². The van der Waals surface area contributed by atoms with Gasteiger partial charge in [0.15, 0.2) is 0 Å². The van der Waals surface area contributed by atoms with Gasteiger partial charge in [0.1, 0.15) is 0 Å². The Morgan fingerprint density at radius 1 is 0.500 bits per heavy atom. The van der Waals surface area contributed by atoms with Gasteiger partial charge in [-0.2, -0.15) is 83.0 Å². The molecule has 0 fully saturated rings. The van der Waals surface area contributed by atoms with E-state index in [0.717, 1.165) is 25.7 Å². The number of allylic oxidation sites excluding steroid dienone is 8. The summed E-state index contributed by atoms with van der Waals surface area (Å²) in [6.45, 7) is 22.7. The van der Waals surface area contributed by atoms with Crippen molar-refractivity contribution in [3.05, 3.63) is 167 Å². The summed E-state index contributed by atoms with van der Waals surface area (Å²) in [5.41, 5.74) is 15.0. The van der Waals surface area contributed by atoms with Crippen LogP contribution in [0, 0.1) is 35.1 Å². The van der Waals surface area contributed by atoms with Gasteiger partial charge in [-0.05, 0) is 12.8 Å². The van der Waals surface area contributed by atoms with E-state index in [4.69, 9.17) is 0 Å². The summed E-state index contributed by atoms with van der Waals surface area (Å²) in [7, 11) is 0. The van der Waals surface area contributed by atoms with Crippen LogP contribution in [0.3, 0.4) is 0 Å². The quantitative estimate of drug-likeness (QED) is 0.105. The predicted octanol–water partition coefficient (Wildman–Crippen LogP) is 14.0. The Hall–Kier alpha value is -1.41. The molecule has 4 aromatic rings. The van der Waals surface area contributed by atoms with E-state index in [1.165, 1.54) is 102 Å². The molecule has 0 aromatic heterocycles. The van der Waals surface area contributed by atoms with Crippen molar-refractivity contribution in [1.82, 2.24) is 0 Å². The number of rotatable bonds is 0. The molecular formula is C48H58Cl2Hf2Si2. The molecule has 0 radical (unpaired) electrons. The van der Waals surface area contributed by atoms with Crippen molar-refractivity contribution in [3.63, 3.8) is 0 Å². The van der Waals surface area contributed by atoms with Gasteiger partial charge in [-0.3, -0.25) is 12.2 Å². The summed E-state index contributed by atoms with van der Waals surface area (Å²) in [5.74, 6) is 0. The van der Waals surface area contributed by atoms with Gasteiger partial charge in [-0.1, -0.05) is 123 Å². The van der Waals surface area contributed by atoms with Crippen LogP contribution < -0.4 is 0 Å². The Morgan fingerprint density at radius 3 is 1.09 bits per heavy atom.